The van der Waals surface area contributed by atoms with E-state index >= 15 is 0 Å². The largest absolute Gasteiger partial charge is 0.398 e. The summed E-state index contributed by atoms with van der Waals surface area (Å²) >= 11 is 0. The van der Waals surface area contributed by atoms with Crippen molar-refractivity contribution in [1.29, 1.82) is 0 Å². The van der Waals surface area contributed by atoms with E-state index in [1.807, 2.05) is 18.2 Å². The standard InChI is InChI=1S/C52H42N4/c53-47(37-17-4-1-5-18-37)34-48(38-19-6-2-7-20-38)55-35-36-16-14-21-39(32-36)40-29-30-42-43-24-15-31-54-51(43)52(46(42)33-40)44-25-10-12-27-49(44)56(41-22-8-3-9-23-41)50-28-13-11-26-45(50)52/h1-30,32-34,48,54-55H,31,35,53H2/b47-34-. The molecule has 0 bridgehead atoms. The third kappa shape index (κ3) is 5.57. The first-order chi connectivity index (χ1) is 27.7. The third-order valence-electron chi connectivity index (χ3n) is 11.6. The molecule has 0 fully saturated rings. The maximum atomic E-state index is 6.65. The van der Waals surface area contributed by atoms with Crippen molar-refractivity contribution >= 4 is 28.3 Å². The molecule has 7 aromatic carbocycles. The van der Waals surface area contributed by atoms with Crippen LogP contribution in [-0.4, -0.2) is 6.54 Å². The van der Waals surface area contributed by atoms with Gasteiger partial charge in [0, 0.05) is 35.7 Å². The second kappa shape index (κ2) is 14.1. The Bertz CT molecular complexity index is 2610. The summed E-state index contributed by atoms with van der Waals surface area (Å²) in [5.41, 5.74) is 23.9. The first-order valence-electron chi connectivity index (χ1n) is 19.4. The number of nitrogens with one attached hydrogen (secondary N) is 2. The Hall–Kier alpha value is -6.88. The van der Waals surface area contributed by atoms with Crippen LogP contribution >= 0.6 is 0 Å². The molecule has 0 aromatic heterocycles. The fourth-order valence-electron chi connectivity index (χ4n) is 9.07. The Kier molecular flexibility index (Phi) is 8.46. The number of dihydropyridines is 1. The fourth-order valence-corrected chi connectivity index (χ4v) is 9.07. The smallest absolute Gasteiger partial charge is 0.0901 e. The summed E-state index contributed by atoms with van der Waals surface area (Å²) in [5, 5.41) is 7.72. The molecule has 56 heavy (non-hydrogen) atoms. The van der Waals surface area contributed by atoms with E-state index in [9.17, 15) is 0 Å². The van der Waals surface area contributed by atoms with E-state index in [0.717, 1.165) is 23.5 Å². The number of allylic oxidation sites excluding steroid dienone is 3. The highest BCUT2D eigenvalue weighted by atomic mass is 15.2. The molecule has 3 aliphatic rings. The molecular weight excluding hydrogens is 681 g/mol. The van der Waals surface area contributed by atoms with E-state index in [1.54, 1.807) is 0 Å². The van der Waals surface area contributed by atoms with E-state index < -0.39 is 5.41 Å². The maximum Gasteiger partial charge on any atom is 0.0901 e. The number of anilines is 3. The molecule has 2 aliphatic heterocycles. The third-order valence-corrected chi connectivity index (χ3v) is 11.6. The minimum Gasteiger partial charge on any atom is -0.398 e. The van der Waals surface area contributed by atoms with Crippen molar-refractivity contribution < 1.29 is 0 Å². The number of nitrogens with zero attached hydrogens (tertiary/aromatic N) is 1. The van der Waals surface area contributed by atoms with Crippen molar-refractivity contribution in [2.75, 3.05) is 11.4 Å². The lowest BCUT2D eigenvalue weighted by atomic mass is 9.65. The molecule has 0 radical (unpaired) electrons. The zero-order valence-corrected chi connectivity index (χ0v) is 31.1. The summed E-state index contributed by atoms with van der Waals surface area (Å²) in [4.78, 5) is 2.43. The Balaban J connectivity index is 1.06. The highest BCUT2D eigenvalue weighted by molar-refractivity contribution is 5.98. The molecule has 1 aliphatic carbocycles. The van der Waals surface area contributed by atoms with Crippen LogP contribution in [0.4, 0.5) is 17.1 Å². The predicted octanol–water partition coefficient (Wildman–Crippen LogP) is 11.2. The van der Waals surface area contributed by atoms with E-state index in [-0.39, 0.29) is 6.04 Å². The van der Waals surface area contributed by atoms with Gasteiger partial charge in [0.2, 0.25) is 0 Å². The van der Waals surface area contributed by atoms with Gasteiger partial charge in [-0.15, -0.1) is 0 Å². The van der Waals surface area contributed by atoms with Gasteiger partial charge in [0.1, 0.15) is 0 Å². The van der Waals surface area contributed by atoms with Gasteiger partial charge in [0.25, 0.3) is 0 Å². The topological polar surface area (TPSA) is 53.3 Å². The summed E-state index contributed by atoms with van der Waals surface area (Å²) < 4.78 is 0. The zero-order valence-electron chi connectivity index (χ0n) is 31.1. The van der Waals surface area contributed by atoms with E-state index in [2.05, 4.69) is 198 Å². The lowest BCUT2D eigenvalue weighted by molar-refractivity contribution is 0.621. The van der Waals surface area contributed by atoms with Crippen LogP contribution in [0, 0.1) is 0 Å². The lowest BCUT2D eigenvalue weighted by Gasteiger charge is -2.46. The Morgan fingerprint density at radius 1 is 0.661 bits per heavy atom. The number of hydrogen-bond acceptors (Lipinski definition) is 4. The Labute approximate surface area is 329 Å². The molecule has 1 unspecified atom stereocenters. The summed E-state index contributed by atoms with van der Waals surface area (Å²) in [6.45, 7) is 1.47. The molecule has 1 spiro atoms. The van der Waals surface area contributed by atoms with Gasteiger partial charge in [-0.25, -0.2) is 0 Å². The highest BCUT2D eigenvalue weighted by Gasteiger charge is 2.53. The van der Waals surface area contributed by atoms with Crippen LogP contribution in [-0.2, 0) is 12.0 Å². The quantitative estimate of drug-likeness (QED) is 0.146. The summed E-state index contributed by atoms with van der Waals surface area (Å²) in [6.07, 6.45) is 6.70. The first-order valence-corrected chi connectivity index (χ1v) is 19.4. The van der Waals surface area contributed by atoms with Crippen molar-refractivity contribution in [3.8, 4) is 11.1 Å². The molecule has 270 valence electrons. The first kappa shape index (κ1) is 33.7. The zero-order chi connectivity index (χ0) is 37.5. The molecule has 1 atom stereocenters. The van der Waals surface area contributed by atoms with Crippen LogP contribution in [0.25, 0.3) is 22.4 Å². The molecule has 10 rings (SSSR count). The average molecular weight is 723 g/mol. The molecule has 4 nitrogen and oxygen atoms in total. The van der Waals surface area contributed by atoms with Gasteiger partial charge in [-0.3, -0.25) is 0 Å². The van der Waals surface area contributed by atoms with Crippen molar-refractivity contribution in [2.24, 2.45) is 5.73 Å². The van der Waals surface area contributed by atoms with Crippen LogP contribution < -0.4 is 21.3 Å². The molecule has 4 N–H and O–H groups in total. The van der Waals surface area contributed by atoms with E-state index in [1.165, 1.54) is 67.2 Å². The SMILES string of the molecule is N/C(=C\C(NCc1cccc(-c2ccc3c(c2)C2(C4=C3C=CCN4)c3ccccc3N(c3ccccc3)c3ccccc32)c1)c1ccccc1)c1ccccc1. The van der Waals surface area contributed by atoms with Gasteiger partial charge < -0.3 is 21.3 Å². The van der Waals surface area contributed by atoms with Gasteiger partial charge in [-0.2, -0.15) is 0 Å². The van der Waals surface area contributed by atoms with E-state index in [4.69, 9.17) is 5.73 Å². The van der Waals surface area contributed by atoms with Gasteiger partial charge in [-0.05, 0) is 92.5 Å². The van der Waals surface area contributed by atoms with Crippen LogP contribution in [0.2, 0.25) is 0 Å². The van der Waals surface area contributed by atoms with Crippen LogP contribution in [0.15, 0.2) is 206 Å². The van der Waals surface area contributed by atoms with Gasteiger partial charge in [0.05, 0.1) is 22.8 Å². The molecule has 4 heteroatoms. The summed E-state index contributed by atoms with van der Waals surface area (Å²) in [5.74, 6) is 0. The minimum atomic E-state index is -0.517. The van der Waals surface area contributed by atoms with Crippen molar-refractivity contribution in [1.82, 2.24) is 10.6 Å². The Morgan fingerprint density at radius 2 is 1.30 bits per heavy atom. The molecule has 0 saturated heterocycles. The maximum absolute atomic E-state index is 6.65. The van der Waals surface area contributed by atoms with Gasteiger partial charge in [0.15, 0.2) is 0 Å². The predicted molar refractivity (Wildman–Crippen MR) is 232 cm³/mol. The minimum absolute atomic E-state index is 0.0558. The normalized spacial score (nSPS) is 15.4. The molecular formula is C52H42N4. The number of para-hydroxylation sites is 3. The van der Waals surface area contributed by atoms with Crippen molar-refractivity contribution in [2.45, 2.75) is 18.0 Å². The fraction of sp³-hybridized carbons (Fsp3) is 0.0769. The molecule has 0 amide bonds. The average Bonchev–Trinajstić information content (AvgIpc) is 3.56. The lowest BCUT2D eigenvalue weighted by Crippen LogP contribution is -2.41. The number of benzene rings is 7. The number of rotatable bonds is 8. The number of fused-ring (bicyclic) bond motifs is 8. The number of nitrogens with two attached hydrogens (primary N) is 1. The second-order valence-electron chi connectivity index (χ2n) is 14.7. The van der Waals surface area contributed by atoms with Crippen LogP contribution in [0.5, 0.6) is 0 Å². The van der Waals surface area contributed by atoms with Crippen molar-refractivity contribution in [3.63, 3.8) is 0 Å². The van der Waals surface area contributed by atoms with Gasteiger partial charge in [-0.1, -0.05) is 158 Å². The van der Waals surface area contributed by atoms with Crippen LogP contribution in [0.3, 0.4) is 0 Å². The van der Waals surface area contributed by atoms with Crippen molar-refractivity contribution in [3.05, 3.63) is 245 Å². The molecule has 2 heterocycles. The molecule has 7 aromatic rings. The second-order valence-corrected chi connectivity index (χ2v) is 14.7. The van der Waals surface area contributed by atoms with Gasteiger partial charge >= 0.3 is 0 Å². The monoisotopic (exact) mass is 722 g/mol. The summed E-state index contributed by atoms with van der Waals surface area (Å²) in [7, 11) is 0. The molecule has 0 saturated carbocycles. The summed E-state index contributed by atoms with van der Waals surface area (Å²) in [6, 6.07) is 65.4. The van der Waals surface area contributed by atoms with Crippen LogP contribution in [0.1, 0.15) is 45.0 Å². The Morgan fingerprint density at radius 3 is 2.04 bits per heavy atom. The highest BCUT2D eigenvalue weighted by Crippen LogP contribution is 2.62. The van der Waals surface area contributed by atoms with E-state index in [0.29, 0.717) is 6.54 Å². The number of hydrogen-bond donors (Lipinski definition) is 3.